The number of nitrogens with zero attached hydrogens (tertiary/aromatic N) is 2. The summed E-state index contributed by atoms with van der Waals surface area (Å²) >= 11 is 0. The zero-order valence-electron chi connectivity index (χ0n) is 11.7. The smallest absolute Gasteiger partial charge is 0.324 e. The maximum atomic E-state index is 12.5. The van der Waals surface area contributed by atoms with Crippen molar-refractivity contribution in [1.82, 2.24) is 8.61 Å². The van der Waals surface area contributed by atoms with E-state index in [9.17, 15) is 13.2 Å². The van der Waals surface area contributed by atoms with Gasteiger partial charge in [0.15, 0.2) is 0 Å². The minimum Gasteiger partial charge on any atom is -0.468 e. The molecule has 19 heavy (non-hydrogen) atoms. The molecule has 3 atom stereocenters. The van der Waals surface area contributed by atoms with E-state index in [-0.39, 0.29) is 12.0 Å². The Morgan fingerprint density at radius 3 is 2.47 bits per heavy atom. The first-order valence-electron chi connectivity index (χ1n) is 6.68. The van der Waals surface area contributed by atoms with Crippen molar-refractivity contribution in [2.75, 3.05) is 21.2 Å². The molecule has 0 aromatic heterocycles. The first-order valence-corrected chi connectivity index (χ1v) is 8.08. The minimum atomic E-state index is -3.59. The molecule has 0 amide bonds. The molecule has 1 saturated carbocycles. The van der Waals surface area contributed by atoms with Gasteiger partial charge in [-0.05, 0) is 25.2 Å². The lowest BCUT2D eigenvalue weighted by molar-refractivity contribution is -0.144. The monoisotopic (exact) mass is 290 g/mol. The van der Waals surface area contributed by atoms with Gasteiger partial charge in [0.2, 0.25) is 0 Å². The molecule has 2 fully saturated rings. The SMILES string of the molecule is COC(=O)[C@@H]1C[C@H]2CCCC[C@@H]2N1S(=O)(=O)N(C)C. The number of ether oxygens (including phenoxy) is 1. The van der Waals surface area contributed by atoms with E-state index in [1.54, 1.807) is 0 Å². The molecule has 0 radical (unpaired) electrons. The summed E-state index contributed by atoms with van der Waals surface area (Å²) in [5.74, 6) is -0.160. The molecule has 0 unspecified atom stereocenters. The number of fused-ring (bicyclic) bond motifs is 1. The number of carbonyl (C=O) groups is 1. The molecular weight excluding hydrogens is 268 g/mol. The molecule has 1 aliphatic heterocycles. The Morgan fingerprint density at radius 2 is 1.89 bits per heavy atom. The van der Waals surface area contributed by atoms with E-state index in [1.807, 2.05) is 0 Å². The molecule has 2 rings (SSSR count). The molecule has 0 aromatic rings. The molecule has 2 aliphatic rings. The van der Waals surface area contributed by atoms with Crippen LogP contribution in [0.5, 0.6) is 0 Å². The first-order chi connectivity index (χ1) is 8.89. The molecular formula is C12H22N2O4S. The van der Waals surface area contributed by atoms with E-state index < -0.39 is 22.2 Å². The van der Waals surface area contributed by atoms with Crippen LogP contribution in [0.2, 0.25) is 0 Å². The molecule has 110 valence electrons. The van der Waals surface area contributed by atoms with Gasteiger partial charge in [-0.3, -0.25) is 4.79 Å². The molecule has 0 bridgehead atoms. The van der Waals surface area contributed by atoms with Crippen molar-refractivity contribution >= 4 is 16.2 Å². The third-order valence-electron chi connectivity index (χ3n) is 4.23. The Kier molecular flexibility index (Phi) is 4.17. The van der Waals surface area contributed by atoms with E-state index in [4.69, 9.17) is 4.74 Å². The van der Waals surface area contributed by atoms with Crippen LogP contribution in [0.15, 0.2) is 0 Å². The van der Waals surface area contributed by atoms with Crippen molar-refractivity contribution in [3.05, 3.63) is 0 Å². The Bertz CT molecular complexity index is 449. The maximum absolute atomic E-state index is 12.5. The Balaban J connectivity index is 2.36. The largest absolute Gasteiger partial charge is 0.468 e. The van der Waals surface area contributed by atoms with E-state index in [1.165, 1.54) is 29.8 Å². The van der Waals surface area contributed by atoms with Gasteiger partial charge in [0.1, 0.15) is 6.04 Å². The van der Waals surface area contributed by atoms with Crippen molar-refractivity contribution in [2.45, 2.75) is 44.2 Å². The highest BCUT2D eigenvalue weighted by atomic mass is 32.2. The Hall–Kier alpha value is -0.660. The second-order valence-corrected chi connectivity index (χ2v) is 7.55. The molecule has 0 N–H and O–H groups in total. The van der Waals surface area contributed by atoms with Crippen LogP contribution in [-0.2, 0) is 19.7 Å². The highest BCUT2D eigenvalue weighted by Gasteiger charge is 2.51. The molecule has 1 saturated heterocycles. The quantitative estimate of drug-likeness (QED) is 0.714. The number of methoxy groups -OCH3 is 1. The Morgan fingerprint density at radius 1 is 1.26 bits per heavy atom. The van der Waals surface area contributed by atoms with Crippen molar-refractivity contribution in [3.63, 3.8) is 0 Å². The topological polar surface area (TPSA) is 66.9 Å². The van der Waals surface area contributed by atoms with Gasteiger partial charge in [-0.15, -0.1) is 0 Å². The second-order valence-electron chi connectivity index (χ2n) is 5.51. The molecule has 1 aliphatic carbocycles. The van der Waals surface area contributed by atoms with E-state index >= 15 is 0 Å². The fourth-order valence-electron chi connectivity index (χ4n) is 3.28. The van der Waals surface area contributed by atoms with Gasteiger partial charge in [-0.2, -0.15) is 17.0 Å². The fraction of sp³-hybridized carbons (Fsp3) is 0.917. The lowest BCUT2D eigenvalue weighted by Crippen LogP contribution is -2.50. The van der Waals surface area contributed by atoms with Crippen molar-refractivity contribution < 1.29 is 17.9 Å². The van der Waals surface area contributed by atoms with Crippen molar-refractivity contribution in [1.29, 1.82) is 0 Å². The van der Waals surface area contributed by atoms with E-state index in [0.29, 0.717) is 6.42 Å². The van der Waals surface area contributed by atoms with Gasteiger partial charge in [-0.1, -0.05) is 12.8 Å². The lowest BCUT2D eigenvalue weighted by Gasteiger charge is -2.33. The van der Waals surface area contributed by atoms with Crippen LogP contribution in [0, 0.1) is 5.92 Å². The summed E-state index contributed by atoms with van der Waals surface area (Å²) in [6.45, 7) is 0. The predicted octanol–water partition coefficient (Wildman–Crippen LogP) is 0.599. The van der Waals surface area contributed by atoms with Crippen LogP contribution in [0.3, 0.4) is 0 Å². The van der Waals surface area contributed by atoms with Crippen molar-refractivity contribution in [2.24, 2.45) is 5.92 Å². The number of carbonyl (C=O) groups excluding carboxylic acids is 1. The highest BCUT2D eigenvalue weighted by molar-refractivity contribution is 7.86. The van der Waals surface area contributed by atoms with Gasteiger partial charge in [0.05, 0.1) is 7.11 Å². The summed E-state index contributed by atoms with van der Waals surface area (Å²) in [4.78, 5) is 11.9. The average Bonchev–Trinajstić information content (AvgIpc) is 2.77. The summed E-state index contributed by atoms with van der Waals surface area (Å²) < 4.78 is 32.3. The van der Waals surface area contributed by atoms with Crippen LogP contribution in [0.4, 0.5) is 0 Å². The van der Waals surface area contributed by atoms with E-state index in [2.05, 4.69) is 0 Å². The van der Waals surface area contributed by atoms with Crippen LogP contribution in [-0.4, -0.2) is 56.3 Å². The van der Waals surface area contributed by atoms with Gasteiger partial charge in [-0.25, -0.2) is 0 Å². The lowest BCUT2D eigenvalue weighted by atomic mass is 9.85. The third kappa shape index (κ3) is 2.51. The Labute approximate surface area is 114 Å². The second kappa shape index (κ2) is 5.38. The van der Waals surface area contributed by atoms with Crippen LogP contribution < -0.4 is 0 Å². The molecule has 0 spiro atoms. The van der Waals surface area contributed by atoms with Gasteiger partial charge in [0, 0.05) is 20.1 Å². The van der Waals surface area contributed by atoms with E-state index in [0.717, 1.165) is 25.7 Å². The summed E-state index contributed by atoms with van der Waals surface area (Å²) in [7, 11) is 0.724. The number of rotatable bonds is 3. The summed E-state index contributed by atoms with van der Waals surface area (Å²) in [6.07, 6.45) is 4.56. The van der Waals surface area contributed by atoms with Gasteiger partial charge in [0.25, 0.3) is 10.2 Å². The number of hydrogen-bond acceptors (Lipinski definition) is 4. The van der Waals surface area contributed by atoms with Gasteiger partial charge < -0.3 is 4.74 Å². The molecule has 0 aromatic carbocycles. The fourth-order valence-corrected chi connectivity index (χ4v) is 4.77. The first kappa shape index (κ1) is 14.7. The maximum Gasteiger partial charge on any atom is 0.324 e. The van der Waals surface area contributed by atoms with Crippen LogP contribution in [0.25, 0.3) is 0 Å². The summed E-state index contributed by atoms with van der Waals surface area (Å²) in [5.41, 5.74) is 0. The van der Waals surface area contributed by atoms with Gasteiger partial charge >= 0.3 is 5.97 Å². The molecule has 1 heterocycles. The summed E-state index contributed by atoms with van der Waals surface area (Å²) in [5, 5.41) is 0. The van der Waals surface area contributed by atoms with Crippen LogP contribution >= 0.6 is 0 Å². The minimum absolute atomic E-state index is 0.0507. The average molecular weight is 290 g/mol. The van der Waals surface area contributed by atoms with Crippen molar-refractivity contribution in [3.8, 4) is 0 Å². The third-order valence-corrected chi connectivity index (χ3v) is 6.21. The zero-order valence-corrected chi connectivity index (χ0v) is 12.5. The molecule has 6 nitrogen and oxygen atoms in total. The van der Waals surface area contributed by atoms with Crippen LogP contribution in [0.1, 0.15) is 32.1 Å². The normalized spacial score (nSPS) is 32.3. The standard InChI is InChI=1S/C12H22N2O4S/c1-13(2)19(16,17)14-10-7-5-4-6-9(10)8-11(14)12(15)18-3/h9-11H,4-8H2,1-3H3/t9-,10+,11+/m1/s1. The predicted molar refractivity (Wildman–Crippen MR) is 70.6 cm³/mol. The summed E-state index contributed by atoms with van der Waals surface area (Å²) in [6, 6.07) is -0.712. The number of esters is 1. The number of hydrogen-bond donors (Lipinski definition) is 0. The highest BCUT2D eigenvalue weighted by Crippen LogP contribution is 2.41. The zero-order chi connectivity index (χ0) is 14.2. The molecule has 7 heteroatoms.